The lowest BCUT2D eigenvalue weighted by Crippen LogP contribution is -2.12. The SMILES string of the molecule is CC(C)C[C@@H](N)c1ccc(Cl)nc1. The first-order valence-corrected chi connectivity index (χ1v) is 4.84. The van der Waals surface area contributed by atoms with E-state index in [-0.39, 0.29) is 6.04 Å². The Morgan fingerprint density at radius 1 is 1.46 bits per heavy atom. The van der Waals surface area contributed by atoms with Gasteiger partial charge in [0, 0.05) is 12.2 Å². The van der Waals surface area contributed by atoms with Gasteiger partial charge in [0.1, 0.15) is 5.15 Å². The normalized spacial score (nSPS) is 13.3. The van der Waals surface area contributed by atoms with Gasteiger partial charge in [-0.1, -0.05) is 31.5 Å². The highest BCUT2D eigenvalue weighted by molar-refractivity contribution is 6.29. The van der Waals surface area contributed by atoms with Crippen molar-refractivity contribution < 1.29 is 0 Å². The van der Waals surface area contributed by atoms with Crippen molar-refractivity contribution in [1.82, 2.24) is 4.98 Å². The molecular formula is C10H15ClN2. The van der Waals surface area contributed by atoms with Gasteiger partial charge in [0.05, 0.1) is 0 Å². The summed E-state index contributed by atoms with van der Waals surface area (Å²) in [6, 6.07) is 3.78. The summed E-state index contributed by atoms with van der Waals surface area (Å²) >= 11 is 5.67. The Morgan fingerprint density at radius 2 is 2.15 bits per heavy atom. The fourth-order valence-corrected chi connectivity index (χ4v) is 1.36. The van der Waals surface area contributed by atoms with Crippen LogP contribution in [0.2, 0.25) is 5.15 Å². The number of nitrogens with zero attached hydrogens (tertiary/aromatic N) is 1. The maximum atomic E-state index is 5.96. The van der Waals surface area contributed by atoms with Gasteiger partial charge in [0.2, 0.25) is 0 Å². The van der Waals surface area contributed by atoms with Crippen LogP contribution in [0.5, 0.6) is 0 Å². The molecule has 0 spiro atoms. The van der Waals surface area contributed by atoms with Crippen molar-refractivity contribution in [1.29, 1.82) is 0 Å². The predicted octanol–water partition coefficient (Wildman–Crippen LogP) is 2.78. The van der Waals surface area contributed by atoms with Crippen molar-refractivity contribution >= 4 is 11.6 Å². The summed E-state index contributed by atoms with van der Waals surface area (Å²) in [5.74, 6) is 0.602. The first-order valence-electron chi connectivity index (χ1n) is 4.46. The summed E-state index contributed by atoms with van der Waals surface area (Å²) in [5, 5.41) is 0.514. The second kappa shape index (κ2) is 4.58. The molecule has 0 aliphatic heterocycles. The minimum Gasteiger partial charge on any atom is -0.324 e. The maximum Gasteiger partial charge on any atom is 0.129 e. The van der Waals surface area contributed by atoms with Crippen LogP contribution in [-0.2, 0) is 0 Å². The Kier molecular flexibility index (Phi) is 3.70. The highest BCUT2D eigenvalue weighted by Crippen LogP contribution is 2.18. The van der Waals surface area contributed by atoms with E-state index in [1.54, 1.807) is 12.3 Å². The molecule has 0 radical (unpaired) electrons. The molecule has 3 heteroatoms. The molecule has 0 aromatic carbocycles. The highest BCUT2D eigenvalue weighted by atomic mass is 35.5. The zero-order chi connectivity index (χ0) is 9.84. The zero-order valence-corrected chi connectivity index (χ0v) is 8.75. The monoisotopic (exact) mass is 198 g/mol. The number of pyridine rings is 1. The minimum atomic E-state index is 0.0739. The Labute approximate surface area is 84.1 Å². The fourth-order valence-electron chi connectivity index (χ4n) is 1.25. The van der Waals surface area contributed by atoms with Crippen LogP contribution in [0.25, 0.3) is 0 Å². The number of halogens is 1. The van der Waals surface area contributed by atoms with Crippen LogP contribution in [-0.4, -0.2) is 4.98 Å². The summed E-state index contributed by atoms with van der Waals surface area (Å²) in [7, 11) is 0. The molecule has 0 bridgehead atoms. The lowest BCUT2D eigenvalue weighted by Gasteiger charge is -2.13. The number of nitrogens with two attached hydrogens (primary N) is 1. The van der Waals surface area contributed by atoms with E-state index in [4.69, 9.17) is 17.3 Å². The second-order valence-electron chi connectivity index (χ2n) is 3.65. The van der Waals surface area contributed by atoms with Crippen LogP contribution in [0.1, 0.15) is 31.9 Å². The molecule has 1 rings (SSSR count). The van der Waals surface area contributed by atoms with Crippen molar-refractivity contribution in [3.8, 4) is 0 Å². The van der Waals surface area contributed by atoms with E-state index in [1.807, 2.05) is 6.07 Å². The molecule has 13 heavy (non-hydrogen) atoms. The Bertz CT molecular complexity index is 256. The van der Waals surface area contributed by atoms with Crippen LogP contribution in [0.4, 0.5) is 0 Å². The van der Waals surface area contributed by atoms with Crippen LogP contribution in [0.3, 0.4) is 0 Å². The molecule has 1 aromatic rings. The largest absolute Gasteiger partial charge is 0.324 e. The van der Waals surface area contributed by atoms with Crippen molar-refractivity contribution in [2.45, 2.75) is 26.3 Å². The van der Waals surface area contributed by atoms with Gasteiger partial charge >= 0.3 is 0 Å². The molecule has 0 aliphatic rings. The van der Waals surface area contributed by atoms with Gasteiger partial charge in [-0.25, -0.2) is 4.98 Å². The van der Waals surface area contributed by atoms with E-state index in [0.717, 1.165) is 12.0 Å². The Balaban J connectivity index is 2.66. The van der Waals surface area contributed by atoms with E-state index >= 15 is 0 Å². The molecule has 0 saturated heterocycles. The molecule has 0 aliphatic carbocycles. The molecule has 0 saturated carbocycles. The average Bonchev–Trinajstić information content (AvgIpc) is 2.04. The van der Waals surface area contributed by atoms with Crippen LogP contribution in [0.15, 0.2) is 18.3 Å². The molecule has 0 unspecified atom stereocenters. The van der Waals surface area contributed by atoms with Crippen LogP contribution >= 0.6 is 11.6 Å². The number of aromatic nitrogens is 1. The van der Waals surface area contributed by atoms with Crippen molar-refractivity contribution in [3.05, 3.63) is 29.0 Å². The molecule has 72 valence electrons. The molecule has 2 N–H and O–H groups in total. The standard InChI is InChI=1S/C10H15ClN2/c1-7(2)5-9(12)8-3-4-10(11)13-6-8/h3-4,6-7,9H,5,12H2,1-2H3/t9-/m1/s1. The first-order chi connectivity index (χ1) is 6.09. The molecule has 2 nitrogen and oxygen atoms in total. The minimum absolute atomic E-state index is 0.0739. The van der Waals surface area contributed by atoms with Gasteiger partial charge in [-0.05, 0) is 24.0 Å². The number of hydrogen-bond donors (Lipinski definition) is 1. The van der Waals surface area contributed by atoms with Crippen LogP contribution < -0.4 is 5.73 Å². The smallest absolute Gasteiger partial charge is 0.129 e. The van der Waals surface area contributed by atoms with Gasteiger partial charge in [-0.15, -0.1) is 0 Å². The predicted molar refractivity (Wildman–Crippen MR) is 55.6 cm³/mol. The summed E-state index contributed by atoms with van der Waals surface area (Å²) in [6.07, 6.45) is 2.72. The molecule has 0 amide bonds. The average molecular weight is 199 g/mol. The molecule has 1 atom stereocenters. The van der Waals surface area contributed by atoms with E-state index in [1.165, 1.54) is 0 Å². The van der Waals surface area contributed by atoms with Gasteiger partial charge in [-0.3, -0.25) is 0 Å². The van der Waals surface area contributed by atoms with E-state index in [0.29, 0.717) is 11.1 Å². The van der Waals surface area contributed by atoms with Gasteiger partial charge in [0.15, 0.2) is 0 Å². The van der Waals surface area contributed by atoms with Crippen LogP contribution in [0, 0.1) is 5.92 Å². The second-order valence-corrected chi connectivity index (χ2v) is 4.04. The van der Waals surface area contributed by atoms with Crippen molar-refractivity contribution in [2.24, 2.45) is 11.7 Å². The Hall–Kier alpha value is -0.600. The van der Waals surface area contributed by atoms with Crippen molar-refractivity contribution in [3.63, 3.8) is 0 Å². The van der Waals surface area contributed by atoms with E-state index in [9.17, 15) is 0 Å². The number of rotatable bonds is 3. The third kappa shape index (κ3) is 3.33. The topological polar surface area (TPSA) is 38.9 Å². The summed E-state index contributed by atoms with van der Waals surface area (Å²) in [4.78, 5) is 3.99. The molecule has 1 heterocycles. The lowest BCUT2D eigenvalue weighted by atomic mass is 9.99. The van der Waals surface area contributed by atoms with E-state index < -0.39 is 0 Å². The Morgan fingerprint density at radius 3 is 2.62 bits per heavy atom. The summed E-state index contributed by atoms with van der Waals surface area (Å²) < 4.78 is 0. The van der Waals surface area contributed by atoms with Gasteiger partial charge < -0.3 is 5.73 Å². The van der Waals surface area contributed by atoms with Crippen molar-refractivity contribution in [2.75, 3.05) is 0 Å². The first kappa shape index (κ1) is 10.5. The fraction of sp³-hybridized carbons (Fsp3) is 0.500. The molecule has 1 aromatic heterocycles. The molecular weight excluding hydrogens is 184 g/mol. The van der Waals surface area contributed by atoms with E-state index in [2.05, 4.69) is 18.8 Å². The zero-order valence-electron chi connectivity index (χ0n) is 8.00. The number of hydrogen-bond acceptors (Lipinski definition) is 2. The lowest BCUT2D eigenvalue weighted by molar-refractivity contribution is 0.509. The van der Waals surface area contributed by atoms with Gasteiger partial charge in [0.25, 0.3) is 0 Å². The third-order valence-corrected chi connectivity index (χ3v) is 2.13. The summed E-state index contributed by atoms with van der Waals surface area (Å²) in [6.45, 7) is 4.31. The molecule has 0 fully saturated rings. The quantitative estimate of drug-likeness (QED) is 0.759. The summed E-state index contributed by atoms with van der Waals surface area (Å²) in [5.41, 5.74) is 7.02. The highest BCUT2D eigenvalue weighted by Gasteiger charge is 2.07. The third-order valence-electron chi connectivity index (χ3n) is 1.90. The maximum absolute atomic E-state index is 5.96. The van der Waals surface area contributed by atoms with Gasteiger partial charge in [-0.2, -0.15) is 0 Å².